The van der Waals surface area contributed by atoms with Crippen molar-refractivity contribution in [1.82, 2.24) is 24.5 Å². The van der Waals surface area contributed by atoms with Gasteiger partial charge in [-0.1, -0.05) is 13.8 Å². The molecule has 1 amide bonds. The van der Waals surface area contributed by atoms with Crippen molar-refractivity contribution in [2.45, 2.75) is 71.4 Å². The third-order valence-electron chi connectivity index (χ3n) is 7.30. The Kier molecular flexibility index (Phi) is 5.79. The van der Waals surface area contributed by atoms with Crippen molar-refractivity contribution < 1.29 is 14.3 Å². The highest BCUT2D eigenvalue weighted by Gasteiger charge is 2.42. The summed E-state index contributed by atoms with van der Waals surface area (Å²) in [5.74, 6) is 1.04. The molecule has 0 aromatic carbocycles. The van der Waals surface area contributed by atoms with Gasteiger partial charge >= 0.3 is 6.09 Å². The van der Waals surface area contributed by atoms with Crippen LogP contribution >= 0.6 is 11.3 Å². The van der Waals surface area contributed by atoms with Crippen molar-refractivity contribution in [3.63, 3.8) is 0 Å². The van der Waals surface area contributed by atoms with Crippen LogP contribution in [0.25, 0.3) is 27.1 Å². The molecule has 2 aliphatic rings. The fourth-order valence-electron chi connectivity index (χ4n) is 5.41. The van der Waals surface area contributed by atoms with E-state index < -0.39 is 5.60 Å². The third kappa shape index (κ3) is 4.34. The molecule has 38 heavy (non-hydrogen) atoms. The molecular weight excluding hydrogens is 500 g/mol. The van der Waals surface area contributed by atoms with Crippen LogP contribution in [0.2, 0.25) is 0 Å². The van der Waals surface area contributed by atoms with E-state index >= 15 is 0 Å². The fraction of sp³-hybridized carbons (Fsp3) is 0.500. The summed E-state index contributed by atoms with van der Waals surface area (Å²) in [6.07, 6.45) is 4.91. The number of nitrogens with one attached hydrogen (secondary N) is 1. The van der Waals surface area contributed by atoms with E-state index in [4.69, 9.17) is 14.5 Å². The summed E-state index contributed by atoms with van der Waals surface area (Å²) in [4.78, 5) is 28.4. The predicted molar refractivity (Wildman–Crippen MR) is 149 cm³/mol. The van der Waals surface area contributed by atoms with Crippen LogP contribution in [0.5, 0.6) is 0 Å². The summed E-state index contributed by atoms with van der Waals surface area (Å²) in [5.41, 5.74) is 5.78. The Morgan fingerprint density at radius 3 is 2.71 bits per heavy atom. The number of ether oxygens (including phenoxy) is 2. The minimum Gasteiger partial charge on any atom is -0.474 e. The van der Waals surface area contributed by atoms with E-state index in [-0.39, 0.29) is 11.6 Å². The first-order chi connectivity index (χ1) is 18.0. The first-order valence-electron chi connectivity index (χ1n) is 13.2. The number of piperidine rings is 1. The van der Waals surface area contributed by atoms with Gasteiger partial charge in [-0.25, -0.2) is 19.3 Å². The predicted octanol–water partition coefficient (Wildman–Crippen LogP) is 5.92. The molecule has 10 heteroatoms. The lowest BCUT2D eigenvalue weighted by Gasteiger charge is -2.36. The molecule has 4 aromatic heterocycles. The number of rotatable bonds is 3. The Morgan fingerprint density at radius 2 is 2.00 bits per heavy atom. The van der Waals surface area contributed by atoms with Crippen LogP contribution in [0.3, 0.4) is 0 Å². The van der Waals surface area contributed by atoms with Gasteiger partial charge in [-0.2, -0.15) is 5.10 Å². The van der Waals surface area contributed by atoms with Gasteiger partial charge in [0.15, 0.2) is 5.65 Å². The van der Waals surface area contributed by atoms with Crippen LogP contribution in [0.1, 0.15) is 69.4 Å². The number of amides is 1. The molecule has 200 valence electrons. The van der Waals surface area contributed by atoms with Gasteiger partial charge in [-0.15, -0.1) is 11.3 Å². The number of fused-ring (bicyclic) bond motifs is 2. The second-order valence-corrected chi connectivity index (χ2v) is 12.8. The van der Waals surface area contributed by atoms with Gasteiger partial charge in [0.05, 0.1) is 20.8 Å². The summed E-state index contributed by atoms with van der Waals surface area (Å²) in [6.45, 7) is 14.0. The van der Waals surface area contributed by atoms with E-state index in [2.05, 4.69) is 48.0 Å². The van der Waals surface area contributed by atoms with Crippen molar-refractivity contribution in [3.05, 3.63) is 40.7 Å². The van der Waals surface area contributed by atoms with Gasteiger partial charge in [-0.05, 0) is 69.7 Å². The number of carbonyl (C=O) groups is 1. The van der Waals surface area contributed by atoms with E-state index in [0.717, 1.165) is 45.7 Å². The number of hydrogen-bond acceptors (Lipinski definition) is 7. The maximum atomic E-state index is 12.5. The maximum absolute atomic E-state index is 12.5. The SMILES string of the molecule is Cc1cc(-c2[nH]c3cc(C4=NC5(CCN(C(=O)OC(C)(C)C)CC5)CO4)sc3c2C(C)C)cn2ncnc12. The normalized spacial score (nSPS) is 17.6. The van der Waals surface area contributed by atoms with Crippen molar-refractivity contribution >= 4 is 39.2 Å². The molecule has 1 fully saturated rings. The fourth-order valence-corrected chi connectivity index (χ4v) is 6.67. The van der Waals surface area contributed by atoms with E-state index in [1.165, 1.54) is 10.3 Å². The summed E-state index contributed by atoms with van der Waals surface area (Å²) in [5, 5.41) is 4.35. The molecule has 1 saturated heterocycles. The molecule has 6 rings (SSSR count). The average molecular weight is 535 g/mol. The molecule has 9 nitrogen and oxygen atoms in total. The van der Waals surface area contributed by atoms with Gasteiger partial charge in [0.2, 0.25) is 5.90 Å². The summed E-state index contributed by atoms with van der Waals surface area (Å²) < 4.78 is 14.8. The largest absolute Gasteiger partial charge is 0.474 e. The first-order valence-corrected chi connectivity index (χ1v) is 14.0. The lowest BCUT2D eigenvalue weighted by Crippen LogP contribution is -2.48. The smallest absolute Gasteiger partial charge is 0.410 e. The van der Waals surface area contributed by atoms with E-state index in [1.807, 2.05) is 31.5 Å². The lowest BCUT2D eigenvalue weighted by atomic mass is 9.89. The highest BCUT2D eigenvalue weighted by atomic mass is 32.1. The van der Waals surface area contributed by atoms with Crippen LogP contribution in [0.4, 0.5) is 4.79 Å². The zero-order chi connectivity index (χ0) is 26.8. The molecule has 0 radical (unpaired) electrons. The van der Waals surface area contributed by atoms with Crippen molar-refractivity contribution in [2.75, 3.05) is 19.7 Å². The number of pyridine rings is 1. The number of nitrogens with zero attached hydrogens (tertiary/aromatic N) is 5. The average Bonchev–Trinajstić information content (AvgIpc) is 3.60. The van der Waals surface area contributed by atoms with E-state index in [1.54, 1.807) is 22.6 Å². The summed E-state index contributed by atoms with van der Waals surface area (Å²) >= 11 is 1.73. The van der Waals surface area contributed by atoms with E-state index in [0.29, 0.717) is 31.5 Å². The number of aliphatic imine (C=N–C) groups is 1. The second kappa shape index (κ2) is 8.83. The van der Waals surface area contributed by atoms with Crippen LogP contribution in [-0.2, 0) is 9.47 Å². The van der Waals surface area contributed by atoms with Gasteiger partial charge in [0, 0.05) is 24.8 Å². The first kappa shape index (κ1) is 24.9. The molecule has 0 bridgehead atoms. The van der Waals surface area contributed by atoms with E-state index in [9.17, 15) is 4.79 Å². The number of carbonyl (C=O) groups excluding carboxylic acids is 1. The Bertz CT molecular complexity index is 1560. The Hall–Kier alpha value is -3.40. The second-order valence-electron chi connectivity index (χ2n) is 11.8. The molecule has 2 aliphatic heterocycles. The highest BCUT2D eigenvalue weighted by molar-refractivity contribution is 7.21. The molecular formula is C28H34N6O3S. The van der Waals surface area contributed by atoms with Gasteiger partial charge in [-0.3, -0.25) is 0 Å². The van der Waals surface area contributed by atoms with Gasteiger partial charge in [0.25, 0.3) is 0 Å². The highest BCUT2D eigenvalue weighted by Crippen LogP contribution is 2.42. The quantitative estimate of drug-likeness (QED) is 0.352. The number of thiophene rings is 1. The number of H-pyrrole nitrogens is 1. The summed E-state index contributed by atoms with van der Waals surface area (Å²) in [7, 11) is 0. The lowest BCUT2D eigenvalue weighted by molar-refractivity contribution is 0.0157. The minimum atomic E-state index is -0.493. The Morgan fingerprint density at radius 1 is 1.24 bits per heavy atom. The number of hydrogen-bond donors (Lipinski definition) is 1. The van der Waals surface area contributed by atoms with Crippen molar-refractivity contribution in [1.29, 1.82) is 0 Å². The zero-order valence-electron chi connectivity index (χ0n) is 22.8. The molecule has 0 aliphatic carbocycles. The number of aryl methyl sites for hydroxylation is 1. The van der Waals surface area contributed by atoms with Crippen molar-refractivity contribution in [2.24, 2.45) is 4.99 Å². The topological polar surface area (TPSA) is 97.1 Å². The Balaban J connectivity index is 1.27. The summed E-state index contributed by atoms with van der Waals surface area (Å²) in [6, 6.07) is 4.33. The van der Waals surface area contributed by atoms with Gasteiger partial charge in [0.1, 0.15) is 24.1 Å². The van der Waals surface area contributed by atoms with Crippen LogP contribution in [0.15, 0.2) is 29.6 Å². The zero-order valence-corrected chi connectivity index (χ0v) is 23.6. The third-order valence-corrected chi connectivity index (χ3v) is 8.46. The van der Waals surface area contributed by atoms with Crippen LogP contribution in [-0.4, -0.2) is 67.3 Å². The molecule has 0 atom stereocenters. The maximum Gasteiger partial charge on any atom is 0.410 e. The number of aromatic amines is 1. The van der Waals surface area contributed by atoms with Crippen molar-refractivity contribution in [3.8, 4) is 11.3 Å². The molecule has 0 saturated carbocycles. The van der Waals surface area contributed by atoms with Crippen LogP contribution in [0, 0.1) is 6.92 Å². The molecule has 1 spiro atoms. The Labute approximate surface area is 225 Å². The van der Waals surface area contributed by atoms with Gasteiger partial charge < -0.3 is 19.4 Å². The minimum absolute atomic E-state index is 0.252. The number of likely N-dealkylation sites (tertiary alicyclic amines) is 1. The molecule has 0 unspecified atom stereocenters. The molecule has 4 aromatic rings. The van der Waals surface area contributed by atoms with Crippen LogP contribution < -0.4 is 0 Å². The molecule has 1 N–H and O–H groups in total. The monoisotopic (exact) mass is 534 g/mol. The standard InChI is InChI=1S/C28H34N6O3S/c1-16(2)21-22(18-11-17(3)24-29-15-30-34(24)13-18)31-19-12-20(38-23(19)21)25-32-28(14-36-25)7-9-33(10-8-28)26(35)37-27(4,5)6/h11-13,15-16,31H,7-10,14H2,1-6H3. The number of aromatic nitrogens is 4. The molecule has 6 heterocycles.